The van der Waals surface area contributed by atoms with Crippen LogP contribution in [-0.2, 0) is 0 Å². The van der Waals surface area contributed by atoms with Gasteiger partial charge < -0.3 is 15.6 Å². The third-order valence-corrected chi connectivity index (χ3v) is 2.63. The summed E-state index contributed by atoms with van der Waals surface area (Å²) in [4.78, 5) is 14.4. The lowest BCUT2D eigenvalue weighted by Gasteiger charge is -2.27. The summed E-state index contributed by atoms with van der Waals surface area (Å²) < 4.78 is 1.05. The van der Waals surface area contributed by atoms with Gasteiger partial charge in [0.1, 0.15) is 5.69 Å². The smallest absolute Gasteiger partial charge is 0.268 e. The highest BCUT2D eigenvalue weighted by Gasteiger charge is 2.19. The maximum atomic E-state index is 11.5. The molecule has 0 spiro atoms. The summed E-state index contributed by atoms with van der Waals surface area (Å²) in [7, 11) is 0. The molecule has 1 fully saturated rings. The van der Waals surface area contributed by atoms with Crippen LogP contribution < -0.4 is 10.6 Å². The van der Waals surface area contributed by atoms with Gasteiger partial charge in [-0.1, -0.05) is 0 Å². The Morgan fingerprint density at radius 2 is 2.38 bits per heavy atom. The normalized spacial score (nSPS) is 16.7. The topological polar surface area (TPSA) is 56.9 Å². The molecule has 5 heteroatoms. The Bertz CT molecular complexity index is 319. The third kappa shape index (κ3) is 2.02. The average molecular weight is 291 g/mol. The number of halogens is 1. The Labute approximate surface area is 89.6 Å². The number of carbonyl (C=O) groups excluding carboxylic acids is 1. The molecule has 0 atom stereocenters. The number of amides is 1. The van der Waals surface area contributed by atoms with E-state index in [9.17, 15) is 4.79 Å². The van der Waals surface area contributed by atoms with Crippen molar-refractivity contribution >= 4 is 28.5 Å². The van der Waals surface area contributed by atoms with E-state index in [0.717, 1.165) is 16.7 Å². The maximum absolute atomic E-state index is 11.5. The van der Waals surface area contributed by atoms with Crippen molar-refractivity contribution in [3.05, 3.63) is 21.5 Å². The monoisotopic (exact) mass is 291 g/mol. The zero-order valence-corrected chi connectivity index (χ0v) is 9.09. The van der Waals surface area contributed by atoms with Crippen LogP contribution in [0.15, 0.2) is 12.3 Å². The molecule has 13 heavy (non-hydrogen) atoms. The number of hydrogen-bond acceptors (Lipinski definition) is 2. The minimum absolute atomic E-state index is 0.0191. The van der Waals surface area contributed by atoms with Crippen molar-refractivity contribution in [3.63, 3.8) is 0 Å². The lowest BCUT2D eigenvalue weighted by molar-refractivity contribution is 0.0919. The number of hydrogen-bond donors (Lipinski definition) is 3. The molecule has 2 rings (SSSR count). The number of rotatable bonds is 2. The average Bonchev–Trinajstić information content (AvgIpc) is 2.44. The second-order valence-corrected chi connectivity index (χ2v) is 4.31. The summed E-state index contributed by atoms with van der Waals surface area (Å²) >= 11 is 2.17. The predicted octanol–water partition coefficient (Wildman–Crippen LogP) is 0.321. The van der Waals surface area contributed by atoms with Gasteiger partial charge in [-0.15, -0.1) is 0 Å². The molecule has 3 N–H and O–H groups in total. The number of aromatic nitrogens is 1. The highest BCUT2D eigenvalue weighted by molar-refractivity contribution is 14.1. The molecule has 0 aliphatic carbocycles. The Hall–Kier alpha value is -0.560. The van der Waals surface area contributed by atoms with Crippen molar-refractivity contribution in [2.24, 2.45) is 0 Å². The molecule has 1 aromatic heterocycles. The van der Waals surface area contributed by atoms with Crippen LogP contribution in [0, 0.1) is 3.57 Å². The van der Waals surface area contributed by atoms with Crippen molar-refractivity contribution < 1.29 is 4.79 Å². The molecule has 2 heterocycles. The van der Waals surface area contributed by atoms with Gasteiger partial charge in [-0.2, -0.15) is 0 Å². The van der Waals surface area contributed by atoms with Gasteiger partial charge in [-0.05, 0) is 28.7 Å². The van der Waals surface area contributed by atoms with Gasteiger partial charge in [0.2, 0.25) is 0 Å². The van der Waals surface area contributed by atoms with Gasteiger partial charge in [0.15, 0.2) is 0 Å². The van der Waals surface area contributed by atoms with Crippen LogP contribution >= 0.6 is 22.6 Å². The molecule has 0 radical (unpaired) electrons. The van der Waals surface area contributed by atoms with Crippen molar-refractivity contribution in [1.82, 2.24) is 15.6 Å². The van der Waals surface area contributed by atoms with Gasteiger partial charge in [-0.25, -0.2) is 0 Å². The maximum Gasteiger partial charge on any atom is 0.268 e. The molecule has 1 saturated heterocycles. The molecule has 1 aliphatic rings. The summed E-state index contributed by atoms with van der Waals surface area (Å²) in [6.45, 7) is 1.76. The molecule has 1 aliphatic heterocycles. The zero-order chi connectivity index (χ0) is 9.26. The summed E-state index contributed by atoms with van der Waals surface area (Å²) in [5, 5.41) is 6.01. The van der Waals surface area contributed by atoms with Crippen LogP contribution in [0.1, 0.15) is 10.5 Å². The lowest BCUT2D eigenvalue weighted by Crippen LogP contribution is -2.56. The summed E-state index contributed by atoms with van der Waals surface area (Å²) in [5.41, 5.74) is 0.635. The second-order valence-electron chi connectivity index (χ2n) is 3.06. The summed E-state index contributed by atoms with van der Waals surface area (Å²) in [6.07, 6.45) is 1.81. The van der Waals surface area contributed by atoms with Gasteiger partial charge in [0, 0.05) is 22.9 Å². The highest BCUT2D eigenvalue weighted by atomic mass is 127. The van der Waals surface area contributed by atoms with E-state index in [1.807, 2.05) is 12.3 Å². The van der Waals surface area contributed by atoms with Crippen molar-refractivity contribution in [2.75, 3.05) is 13.1 Å². The quantitative estimate of drug-likeness (QED) is 0.687. The first-order valence-corrected chi connectivity index (χ1v) is 5.19. The van der Waals surface area contributed by atoms with Crippen LogP contribution in [-0.4, -0.2) is 30.0 Å². The van der Waals surface area contributed by atoms with E-state index >= 15 is 0 Å². The van der Waals surface area contributed by atoms with Gasteiger partial charge in [0.05, 0.1) is 6.04 Å². The van der Waals surface area contributed by atoms with Crippen LogP contribution in [0.2, 0.25) is 0 Å². The Balaban J connectivity index is 1.96. The molecule has 0 aromatic carbocycles. The first-order valence-electron chi connectivity index (χ1n) is 4.11. The predicted molar refractivity (Wildman–Crippen MR) is 57.6 cm³/mol. The van der Waals surface area contributed by atoms with Crippen LogP contribution in [0.4, 0.5) is 0 Å². The van der Waals surface area contributed by atoms with E-state index in [2.05, 4.69) is 38.2 Å². The molecular formula is C8H10IN3O. The van der Waals surface area contributed by atoms with Crippen LogP contribution in [0.5, 0.6) is 0 Å². The zero-order valence-electron chi connectivity index (χ0n) is 6.93. The molecule has 0 unspecified atom stereocenters. The molecule has 0 saturated carbocycles. The van der Waals surface area contributed by atoms with E-state index in [4.69, 9.17) is 0 Å². The summed E-state index contributed by atoms with van der Waals surface area (Å²) in [5.74, 6) is -0.0191. The fraction of sp³-hybridized carbons (Fsp3) is 0.375. The number of nitrogens with one attached hydrogen (secondary N) is 3. The Kier molecular flexibility index (Phi) is 2.54. The standard InChI is InChI=1S/C8H10IN3O/c9-5-1-7(11-2-5)8(13)12-6-3-10-4-6/h1-2,6,10-11H,3-4H2,(H,12,13). The first kappa shape index (κ1) is 9.01. The summed E-state index contributed by atoms with van der Waals surface area (Å²) in [6, 6.07) is 2.13. The van der Waals surface area contributed by atoms with Crippen molar-refractivity contribution in [3.8, 4) is 0 Å². The van der Waals surface area contributed by atoms with Gasteiger partial charge in [0.25, 0.3) is 5.91 Å². The Morgan fingerprint density at radius 1 is 1.62 bits per heavy atom. The highest BCUT2D eigenvalue weighted by Crippen LogP contribution is 2.06. The lowest BCUT2D eigenvalue weighted by atomic mass is 10.2. The number of carbonyl (C=O) groups is 1. The molecule has 0 bridgehead atoms. The van der Waals surface area contributed by atoms with E-state index in [1.165, 1.54) is 0 Å². The van der Waals surface area contributed by atoms with Crippen LogP contribution in [0.25, 0.3) is 0 Å². The van der Waals surface area contributed by atoms with Crippen LogP contribution in [0.3, 0.4) is 0 Å². The molecular weight excluding hydrogens is 281 g/mol. The van der Waals surface area contributed by atoms with Crippen molar-refractivity contribution in [2.45, 2.75) is 6.04 Å². The van der Waals surface area contributed by atoms with Crippen molar-refractivity contribution in [1.29, 1.82) is 0 Å². The minimum Gasteiger partial charge on any atom is -0.356 e. The third-order valence-electron chi connectivity index (χ3n) is 2.01. The minimum atomic E-state index is -0.0191. The molecule has 1 aromatic rings. The van der Waals surface area contributed by atoms with Gasteiger partial charge >= 0.3 is 0 Å². The first-order chi connectivity index (χ1) is 6.25. The van der Waals surface area contributed by atoms with E-state index < -0.39 is 0 Å². The van der Waals surface area contributed by atoms with E-state index in [0.29, 0.717) is 11.7 Å². The largest absolute Gasteiger partial charge is 0.356 e. The Morgan fingerprint density at radius 3 is 2.85 bits per heavy atom. The fourth-order valence-electron chi connectivity index (χ4n) is 1.15. The SMILES string of the molecule is O=C(NC1CNC1)c1cc(I)c[nH]1. The van der Waals surface area contributed by atoms with E-state index in [-0.39, 0.29) is 5.91 Å². The molecule has 70 valence electrons. The fourth-order valence-corrected chi connectivity index (χ4v) is 1.62. The van der Waals surface area contributed by atoms with Gasteiger partial charge in [-0.3, -0.25) is 4.79 Å². The van der Waals surface area contributed by atoms with E-state index in [1.54, 1.807) is 0 Å². The number of H-pyrrole nitrogens is 1. The second kappa shape index (κ2) is 3.67. The molecule has 1 amide bonds. The molecule has 4 nitrogen and oxygen atoms in total. The number of aromatic amines is 1.